The van der Waals surface area contributed by atoms with E-state index in [1.807, 2.05) is 18.2 Å². The molecule has 0 aliphatic rings. The maximum absolute atomic E-state index is 5.47. The summed E-state index contributed by atoms with van der Waals surface area (Å²) in [4.78, 5) is 12.3. The molecule has 7 nitrogen and oxygen atoms in total. The average molecular weight is 404 g/mol. The van der Waals surface area contributed by atoms with Crippen LogP contribution in [0.3, 0.4) is 0 Å². The first-order chi connectivity index (χ1) is 14.7. The maximum Gasteiger partial charge on any atom is 0.203 e. The lowest BCUT2D eigenvalue weighted by molar-refractivity contribution is 0.324. The molecule has 2 aromatic heterocycles. The Labute approximate surface area is 175 Å². The second-order valence-electron chi connectivity index (χ2n) is 6.70. The van der Waals surface area contributed by atoms with Crippen LogP contribution in [0.5, 0.6) is 17.2 Å². The van der Waals surface area contributed by atoms with Crippen LogP contribution in [0.15, 0.2) is 55.0 Å². The molecule has 0 saturated heterocycles. The summed E-state index contributed by atoms with van der Waals surface area (Å²) in [6.45, 7) is 0.720. The second-order valence-corrected chi connectivity index (χ2v) is 6.70. The fraction of sp³-hybridized carbons (Fsp3) is 0.217. The number of rotatable bonds is 8. The molecular weight excluding hydrogens is 380 g/mol. The van der Waals surface area contributed by atoms with Gasteiger partial charge in [0.25, 0.3) is 0 Å². The number of H-pyrrole nitrogens is 1. The van der Waals surface area contributed by atoms with Gasteiger partial charge in [-0.15, -0.1) is 0 Å². The fourth-order valence-corrected chi connectivity index (χ4v) is 3.55. The van der Waals surface area contributed by atoms with Crippen molar-refractivity contribution in [3.63, 3.8) is 0 Å². The summed E-state index contributed by atoms with van der Waals surface area (Å²) in [5.74, 6) is 2.39. The van der Waals surface area contributed by atoms with Crippen molar-refractivity contribution in [3.05, 3.63) is 60.6 Å². The predicted molar refractivity (Wildman–Crippen MR) is 118 cm³/mol. The number of anilines is 1. The molecule has 0 aliphatic carbocycles. The zero-order valence-electron chi connectivity index (χ0n) is 17.2. The first-order valence-corrected chi connectivity index (χ1v) is 9.65. The van der Waals surface area contributed by atoms with E-state index < -0.39 is 0 Å². The summed E-state index contributed by atoms with van der Waals surface area (Å²) < 4.78 is 16.4. The number of ether oxygens (including phenoxy) is 3. The van der Waals surface area contributed by atoms with Crippen molar-refractivity contribution in [2.24, 2.45) is 0 Å². The van der Waals surface area contributed by atoms with Crippen molar-refractivity contribution in [1.82, 2.24) is 15.0 Å². The Morgan fingerprint density at radius 2 is 1.67 bits per heavy atom. The van der Waals surface area contributed by atoms with Gasteiger partial charge in [-0.1, -0.05) is 18.2 Å². The molecule has 0 atom stereocenters. The third-order valence-electron chi connectivity index (χ3n) is 5.00. The van der Waals surface area contributed by atoms with Gasteiger partial charge in [0.05, 0.1) is 21.3 Å². The summed E-state index contributed by atoms with van der Waals surface area (Å²) in [5, 5.41) is 4.66. The van der Waals surface area contributed by atoms with Crippen molar-refractivity contribution >= 4 is 16.7 Å². The van der Waals surface area contributed by atoms with Gasteiger partial charge in [-0.05, 0) is 30.2 Å². The molecule has 0 fully saturated rings. The third-order valence-corrected chi connectivity index (χ3v) is 5.00. The Balaban J connectivity index is 1.58. The predicted octanol–water partition coefficient (Wildman–Crippen LogP) is 4.31. The number of aromatic nitrogens is 3. The zero-order chi connectivity index (χ0) is 20.9. The molecule has 0 saturated carbocycles. The van der Waals surface area contributed by atoms with E-state index in [0.29, 0.717) is 23.1 Å². The van der Waals surface area contributed by atoms with Gasteiger partial charge in [-0.3, -0.25) is 4.98 Å². The lowest BCUT2D eigenvalue weighted by Crippen LogP contribution is -2.08. The Bertz CT molecular complexity index is 1130. The number of aromatic amines is 1. The van der Waals surface area contributed by atoms with Crippen molar-refractivity contribution in [2.45, 2.75) is 6.42 Å². The molecule has 154 valence electrons. The van der Waals surface area contributed by atoms with Gasteiger partial charge in [-0.25, -0.2) is 4.98 Å². The van der Waals surface area contributed by atoms with E-state index in [1.54, 1.807) is 33.7 Å². The SMILES string of the molecule is COc1cc(-c2nccnc2NCCc2c[nH]c3ccccc23)cc(OC)c1OC. The summed E-state index contributed by atoms with van der Waals surface area (Å²) in [6.07, 6.45) is 6.26. The number of nitrogens with zero attached hydrogens (tertiary/aromatic N) is 2. The van der Waals surface area contributed by atoms with E-state index in [-0.39, 0.29) is 0 Å². The van der Waals surface area contributed by atoms with Crippen molar-refractivity contribution in [1.29, 1.82) is 0 Å². The smallest absolute Gasteiger partial charge is 0.203 e. The fourth-order valence-electron chi connectivity index (χ4n) is 3.55. The van der Waals surface area contributed by atoms with Crippen LogP contribution in [-0.2, 0) is 6.42 Å². The van der Waals surface area contributed by atoms with Crippen molar-refractivity contribution < 1.29 is 14.2 Å². The van der Waals surface area contributed by atoms with Gasteiger partial charge in [0.2, 0.25) is 5.75 Å². The highest BCUT2D eigenvalue weighted by molar-refractivity contribution is 5.83. The Morgan fingerprint density at radius 1 is 0.933 bits per heavy atom. The maximum atomic E-state index is 5.47. The van der Waals surface area contributed by atoms with Crippen LogP contribution in [0.1, 0.15) is 5.56 Å². The molecule has 7 heteroatoms. The number of hydrogen-bond acceptors (Lipinski definition) is 6. The molecule has 2 aromatic carbocycles. The number of methoxy groups -OCH3 is 3. The third kappa shape index (κ3) is 3.74. The Hall–Kier alpha value is -3.74. The van der Waals surface area contributed by atoms with Gasteiger partial charge in [0.1, 0.15) is 5.69 Å². The largest absolute Gasteiger partial charge is 0.493 e. The molecule has 2 N–H and O–H groups in total. The number of hydrogen-bond donors (Lipinski definition) is 2. The molecule has 4 rings (SSSR count). The minimum Gasteiger partial charge on any atom is -0.493 e. The molecule has 30 heavy (non-hydrogen) atoms. The second kappa shape index (κ2) is 8.73. The van der Waals surface area contributed by atoms with Crippen LogP contribution in [0.4, 0.5) is 5.82 Å². The molecule has 4 aromatic rings. The van der Waals surface area contributed by atoms with Gasteiger partial charge < -0.3 is 24.5 Å². The highest BCUT2D eigenvalue weighted by Crippen LogP contribution is 2.41. The molecule has 0 bridgehead atoms. The summed E-state index contributed by atoms with van der Waals surface area (Å²) in [6, 6.07) is 12.0. The van der Waals surface area contributed by atoms with Crippen molar-refractivity contribution in [3.8, 4) is 28.5 Å². The Kier molecular flexibility index (Phi) is 5.70. The molecule has 0 spiro atoms. The number of nitrogens with one attached hydrogen (secondary N) is 2. The van der Waals surface area contributed by atoms with Crippen LogP contribution in [0.2, 0.25) is 0 Å². The minimum atomic E-state index is 0.543. The molecule has 0 aliphatic heterocycles. The lowest BCUT2D eigenvalue weighted by Gasteiger charge is -2.15. The summed E-state index contributed by atoms with van der Waals surface area (Å²) in [5.41, 5.74) is 3.95. The van der Waals surface area contributed by atoms with Crippen LogP contribution in [0, 0.1) is 0 Å². The lowest BCUT2D eigenvalue weighted by atomic mass is 10.1. The topological polar surface area (TPSA) is 81.3 Å². The molecule has 0 amide bonds. The van der Waals surface area contributed by atoms with E-state index >= 15 is 0 Å². The van der Waals surface area contributed by atoms with Gasteiger partial charge in [0.15, 0.2) is 17.3 Å². The summed E-state index contributed by atoms with van der Waals surface area (Å²) in [7, 11) is 4.77. The van der Waals surface area contributed by atoms with Crippen LogP contribution in [0.25, 0.3) is 22.2 Å². The first kappa shape index (κ1) is 19.6. The molecular formula is C23H24N4O3. The monoisotopic (exact) mass is 404 g/mol. The Morgan fingerprint density at radius 3 is 2.40 bits per heavy atom. The highest BCUT2D eigenvalue weighted by Gasteiger charge is 2.17. The van der Waals surface area contributed by atoms with Gasteiger partial charge >= 0.3 is 0 Å². The van der Waals surface area contributed by atoms with E-state index in [2.05, 4.69) is 44.7 Å². The van der Waals surface area contributed by atoms with E-state index in [4.69, 9.17) is 14.2 Å². The highest BCUT2D eigenvalue weighted by atomic mass is 16.5. The molecule has 0 radical (unpaired) electrons. The number of para-hydroxylation sites is 1. The summed E-state index contributed by atoms with van der Waals surface area (Å²) >= 11 is 0. The number of benzene rings is 2. The van der Waals surface area contributed by atoms with E-state index in [0.717, 1.165) is 29.7 Å². The van der Waals surface area contributed by atoms with Crippen LogP contribution in [-0.4, -0.2) is 42.8 Å². The quantitative estimate of drug-likeness (QED) is 0.456. The molecule has 2 heterocycles. The van der Waals surface area contributed by atoms with E-state index in [9.17, 15) is 0 Å². The first-order valence-electron chi connectivity index (χ1n) is 9.65. The van der Waals surface area contributed by atoms with E-state index in [1.165, 1.54) is 10.9 Å². The standard InChI is InChI=1S/C23H24N4O3/c1-28-19-12-16(13-20(29-2)22(19)30-3)21-23(26-11-10-24-21)25-9-8-15-14-27-18-7-5-4-6-17(15)18/h4-7,10-14,27H,8-9H2,1-3H3,(H,25,26). The number of fused-ring (bicyclic) bond motifs is 1. The van der Waals surface area contributed by atoms with Crippen molar-refractivity contribution in [2.75, 3.05) is 33.2 Å². The normalized spacial score (nSPS) is 10.8. The zero-order valence-corrected chi connectivity index (χ0v) is 17.2. The average Bonchev–Trinajstić information content (AvgIpc) is 3.21. The van der Waals surface area contributed by atoms with Crippen LogP contribution < -0.4 is 19.5 Å². The van der Waals surface area contributed by atoms with Crippen LogP contribution >= 0.6 is 0 Å². The van der Waals surface area contributed by atoms with Gasteiger partial charge in [0, 0.05) is 41.6 Å². The molecule has 0 unspecified atom stereocenters. The minimum absolute atomic E-state index is 0.543. The van der Waals surface area contributed by atoms with Gasteiger partial charge in [-0.2, -0.15) is 0 Å².